The van der Waals surface area contributed by atoms with E-state index in [9.17, 15) is 18.4 Å². The average molecular weight is 300 g/mol. The SMILES string of the molecule is O=C(Nc1cc(C(=O)O)c(F)cc1F)NC1CCCOC1. The molecule has 0 bridgehead atoms. The highest BCUT2D eigenvalue weighted by atomic mass is 19.1. The first-order valence-corrected chi connectivity index (χ1v) is 6.35. The number of aromatic carboxylic acids is 1. The van der Waals surface area contributed by atoms with E-state index in [0.29, 0.717) is 19.3 Å². The number of carboxylic acid groups (broad SMARTS) is 1. The summed E-state index contributed by atoms with van der Waals surface area (Å²) in [6.07, 6.45) is 1.54. The van der Waals surface area contributed by atoms with Crippen LogP contribution in [0.2, 0.25) is 0 Å². The molecule has 1 aromatic rings. The zero-order chi connectivity index (χ0) is 15.4. The van der Waals surface area contributed by atoms with Crippen LogP contribution in [0.4, 0.5) is 19.3 Å². The summed E-state index contributed by atoms with van der Waals surface area (Å²) in [7, 11) is 0. The van der Waals surface area contributed by atoms with Crippen molar-refractivity contribution in [3.63, 3.8) is 0 Å². The van der Waals surface area contributed by atoms with E-state index in [1.165, 1.54) is 0 Å². The summed E-state index contributed by atoms with van der Waals surface area (Å²) in [5.74, 6) is -3.80. The third-order valence-corrected chi connectivity index (χ3v) is 3.03. The third-order valence-electron chi connectivity index (χ3n) is 3.03. The second-order valence-corrected chi connectivity index (χ2v) is 4.63. The van der Waals surface area contributed by atoms with Crippen LogP contribution in [0.15, 0.2) is 12.1 Å². The number of halogens is 2. The van der Waals surface area contributed by atoms with Gasteiger partial charge in [0.2, 0.25) is 0 Å². The summed E-state index contributed by atoms with van der Waals surface area (Å²) < 4.78 is 31.9. The first-order chi connectivity index (χ1) is 9.97. The molecule has 0 aliphatic carbocycles. The number of rotatable bonds is 3. The molecule has 1 saturated heterocycles. The molecular formula is C13H14F2N2O4. The van der Waals surface area contributed by atoms with Crippen LogP contribution in [0.1, 0.15) is 23.2 Å². The number of hydrogen-bond donors (Lipinski definition) is 3. The second-order valence-electron chi connectivity index (χ2n) is 4.63. The summed E-state index contributed by atoms with van der Waals surface area (Å²) in [5.41, 5.74) is -1.12. The molecule has 0 saturated carbocycles. The Balaban J connectivity index is 2.06. The number of anilines is 1. The van der Waals surface area contributed by atoms with Crippen molar-refractivity contribution in [2.24, 2.45) is 0 Å². The van der Waals surface area contributed by atoms with Crippen molar-refractivity contribution in [3.8, 4) is 0 Å². The lowest BCUT2D eigenvalue weighted by atomic mass is 10.1. The minimum atomic E-state index is -1.54. The molecule has 1 fully saturated rings. The predicted molar refractivity (Wildman–Crippen MR) is 69.3 cm³/mol. The number of carboxylic acids is 1. The molecule has 1 atom stereocenters. The van der Waals surface area contributed by atoms with Crippen molar-refractivity contribution in [3.05, 3.63) is 29.3 Å². The van der Waals surface area contributed by atoms with Gasteiger partial charge < -0.3 is 20.5 Å². The van der Waals surface area contributed by atoms with Gasteiger partial charge in [-0.15, -0.1) is 0 Å². The molecule has 21 heavy (non-hydrogen) atoms. The van der Waals surface area contributed by atoms with E-state index in [1.54, 1.807) is 0 Å². The van der Waals surface area contributed by atoms with Gasteiger partial charge in [0, 0.05) is 12.7 Å². The summed E-state index contributed by atoms with van der Waals surface area (Å²) in [5, 5.41) is 13.5. The summed E-state index contributed by atoms with van der Waals surface area (Å²) in [6.45, 7) is 0.994. The monoisotopic (exact) mass is 300 g/mol. The van der Waals surface area contributed by atoms with Gasteiger partial charge >= 0.3 is 12.0 Å². The van der Waals surface area contributed by atoms with Crippen LogP contribution in [-0.4, -0.2) is 36.4 Å². The third kappa shape index (κ3) is 3.88. The first kappa shape index (κ1) is 15.2. The molecule has 6 nitrogen and oxygen atoms in total. The lowest BCUT2D eigenvalue weighted by Gasteiger charge is -2.23. The van der Waals surface area contributed by atoms with Crippen molar-refractivity contribution in [2.45, 2.75) is 18.9 Å². The summed E-state index contributed by atoms with van der Waals surface area (Å²) >= 11 is 0. The van der Waals surface area contributed by atoms with Crippen molar-refractivity contribution in [2.75, 3.05) is 18.5 Å². The molecule has 0 aromatic heterocycles. The fourth-order valence-corrected chi connectivity index (χ4v) is 2.01. The van der Waals surface area contributed by atoms with E-state index in [2.05, 4.69) is 10.6 Å². The maximum absolute atomic E-state index is 13.5. The van der Waals surface area contributed by atoms with Crippen LogP contribution in [0, 0.1) is 11.6 Å². The van der Waals surface area contributed by atoms with Gasteiger partial charge in [0.25, 0.3) is 0 Å². The van der Waals surface area contributed by atoms with E-state index in [1.807, 2.05) is 0 Å². The van der Waals surface area contributed by atoms with Gasteiger partial charge in [0.15, 0.2) is 0 Å². The molecule has 8 heteroatoms. The molecule has 1 aromatic carbocycles. The largest absolute Gasteiger partial charge is 0.478 e. The number of amides is 2. The Morgan fingerprint density at radius 1 is 1.29 bits per heavy atom. The Bertz CT molecular complexity index is 559. The summed E-state index contributed by atoms with van der Waals surface area (Å²) in [4.78, 5) is 22.5. The molecule has 2 amide bonds. The number of urea groups is 1. The number of benzene rings is 1. The number of nitrogens with one attached hydrogen (secondary N) is 2. The molecule has 0 radical (unpaired) electrons. The highest BCUT2D eigenvalue weighted by Crippen LogP contribution is 2.19. The fourth-order valence-electron chi connectivity index (χ4n) is 2.01. The number of carbonyl (C=O) groups is 2. The van der Waals surface area contributed by atoms with E-state index >= 15 is 0 Å². The highest BCUT2D eigenvalue weighted by molar-refractivity contribution is 5.93. The molecule has 0 spiro atoms. The van der Waals surface area contributed by atoms with Crippen LogP contribution in [0.5, 0.6) is 0 Å². The normalized spacial score (nSPS) is 18.1. The van der Waals surface area contributed by atoms with Crippen LogP contribution in [0.3, 0.4) is 0 Å². The molecule has 1 aliphatic rings. The zero-order valence-corrected chi connectivity index (χ0v) is 11.0. The lowest BCUT2D eigenvalue weighted by molar-refractivity contribution is 0.0692. The van der Waals surface area contributed by atoms with Gasteiger partial charge in [-0.05, 0) is 18.9 Å². The van der Waals surface area contributed by atoms with Crippen molar-refractivity contribution in [1.82, 2.24) is 5.32 Å². The van der Waals surface area contributed by atoms with Gasteiger partial charge in [-0.25, -0.2) is 18.4 Å². The minimum Gasteiger partial charge on any atom is -0.478 e. The molecule has 1 aliphatic heterocycles. The number of hydrogen-bond acceptors (Lipinski definition) is 3. The Morgan fingerprint density at radius 3 is 2.67 bits per heavy atom. The molecule has 114 valence electrons. The molecule has 2 rings (SSSR count). The maximum atomic E-state index is 13.5. The average Bonchev–Trinajstić information content (AvgIpc) is 2.42. The van der Waals surface area contributed by atoms with Crippen molar-refractivity contribution >= 4 is 17.7 Å². The van der Waals surface area contributed by atoms with Gasteiger partial charge in [-0.1, -0.05) is 0 Å². The minimum absolute atomic E-state index is 0.193. The van der Waals surface area contributed by atoms with Crippen molar-refractivity contribution in [1.29, 1.82) is 0 Å². The molecular weight excluding hydrogens is 286 g/mol. The lowest BCUT2D eigenvalue weighted by Crippen LogP contribution is -2.42. The Morgan fingerprint density at radius 2 is 2.05 bits per heavy atom. The Hall–Kier alpha value is -2.22. The number of carbonyl (C=O) groups excluding carboxylic acids is 1. The van der Waals surface area contributed by atoms with E-state index in [-0.39, 0.29) is 6.04 Å². The van der Waals surface area contributed by atoms with Crippen LogP contribution < -0.4 is 10.6 Å². The van der Waals surface area contributed by atoms with Gasteiger partial charge in [0.05, 0.1) is 23.9 Å². The summed E-state index contributed by atoms with van der Waals surface area (Å²) in [6, 6.07) is 0.265. The molecule has 1 unspecified atom stereocenters. The van der Waals surface area contributed by atoms with Gasteiger partial charge in [-0.2, -0.15) is 0 Å². The second kappa shape index (κ2) is 6.49. The van der Waals surface area contributed by atoms with Gasteiger partial charge in [0.1, 0.15) is 11.6 Å². The predicted octanol–water partition coefficient (Wildman–Crippen LogP) is 1.96. The Labute approximate surface area is 119 Å². The maximum Gasteiger partial charge on any atom is 0.338 e. The smallest absolute Gasteiger partial charge is 0.338 e. The van der Waals surface area contributed by atoms with Crippen molar-refractivity contribution < 1.29 is 28.2 Å². The van der Waals surface area contributed by atoms with E-state index < -0.39 is 34.9 Å². The Kier molecular flexibility index (Phi) is 4.69. The number of ether oxygens (including phenoxy) is 1. The highest BCUT2D eigenvalue weighted by Gasteiger charge is 2.19. The fraction of sp³-hybridized carbons (Fsp3) is 0.385. The quantitative estimate of drug-likeness (QED) is 0.796. The van der Waals surface area contributed by atoms with E-state index in [0.717, 1.165) is 18.9 Å². The van der Waals surface area contributed by atoms with Crippen LogP contribution in [-0.2, 0) is 4.74 Å². The van der Waals surface area contributed by atoms with Gasteiger partial charge in [-0.3, -0.25) is 0 Å². The van der Waals surface area contributed by atoms with E-state index in [4.69, 9.17) is 9.84 Å². The van der Waals surface area contributed by atoms with Crippen LogP contribution >= 0.6 is 0 Å². The molecule has 3 N–H and O–H groups in total. The molecule has 1 heterocycles. The zero-order valence-electron chi connectivity index (χ0n) is 11.0. The van der Waals surface area contributed by atoms with Crippen LogP contribution in [0.25, 0.3) is 0 Å². The first-order valence-electron chi connectivity index (χ1n) is 6.35. The topological polar surface area (TPSA) is 87.7 Å². The standard InChI is InChI=1S/C13H14F2N2O4/c14-9-5-10(15)11(4-8(9)12(18)19)17-13(20)16-7-2-1-3-21-6-7/h4-5,7H,1-3,6H2,(H,18,19)(H2,16,17,20).